The lowest BCUT2D eigenvalue weighted by molar-refractivity contribution is 0.102. The molecule has 20 heavy (non-hydrogen) atoms. The fraction of sp³-hybridized carbons (Fsp3) is 0.143. The zero-order valence-electron chi connectivity index (χ0n) is 11.0. The molecular weight excluding hydrogens is 276 g/mol. The molecule has 0 saturated heterocycles. The largest absolute Gasteiger partial charge is 0.322 e. The Bertz CT molecular complexity index is 630. The molecule has 0 saturated carbocycles. The molecule has 0 unspecified atom stereocenters. The van der Waals surface area contributed by atoms with E-state index < -0.39 is 0 Å². The highest BCUT2D eigenvalue weighted by molar-refractivity contribution is 6.30. The van der Waals surface area contributed by atoms with Crippen molar-refractivity contribution in [2.45, 2.75) is 13.3 Å². The van der Waals surface area contributed by atoms with E-state index in [0.717, 1.165) is 17.7 Å². The van der Waals surface area contributed by atoms with Crippen molar-refractivity contribution in [1.82, 2.24) is 4.98 Å². The number of halogens is 1. The third kappa shape index (κ3) is 3.26. The quantitative estimate of drug-likeness (QED) is 0.459. The van der Waals surface area contributed by atoms with Crippen LogP contribution in [0, 0.1) is 0 Å². The predicted molar refractivity (Wildman–Crippen MR) is 80.8 cm³/mol. The highest BCUT2D eigenvalue weighted by atomic mass is 35.5. The van der Waals surface area contributed by atoms with Gasteiger partial charge in [0.1, 0.15) is 11.0 Å². The summed E-state index contributed by atoms with van der Waals surface area (Å²) in [7, 11) is 0. The molecule has 0 aliphatic carbocycles. The van der Waals surface area contributed by atoms with Crippen LogP contribution < -0.4 is 16.6 Å². The minimum absolute atomic E-state index is 0.203. The number of aromatic nitrogens is 1. The SMILES string of the molecule is CCc1ccccc1NC(=O)c1cc(Cl)nc(NN)c1. The second-order valence-electron chi connectivity index (χ2n) is 4.17. The number of aryl methyl sites for hydroxylation is 1. The van der Waals surface area contributed by atoms with Crippen LogP contribution in [0.1, 0.15) is 22.8 Å². The Morgan fingerprint density at radius 2 is 2.10 bits per heavy atom. The van der Waals surface area contributed by atoms with Crippen molar-refractivity contribution in [3.8, 4) is 0 Å². The summed E-state index contributed by atoms with van der Waals surface area (Å²) in [5.74, 6) is 5.36. The van der Waals surface area contributed by atoms with Gasteiger partial charge in [-0.15, -0.1) is 0 Å². The lowest BCUT2D eigenvalue weighted by Gasteiger charge is -2.10. The minimum atomic E-state index is -0.258. The van der Waals surface area contributed by atoms with Crippen LogP contribution in [0.25, 0.3) is 0 Å². The molecule has 104 valence electrons. The van der Waals surface area contributed by atoms with Gasteiger partial charge < -0.3 is 10.7 Å². The monoisotopic (exact) mass is 290 g/mol. The lowest BCUT2D eigenvalue weighted by atomic mass is 10.1. The van der Waals surface area contributed by atoms with Gasteiger partial charge in [0.15, 0.2) is 0 Å². The molecule has 5 nitrogen and oxygen atoms in total. The van der Waals surface area contributed by atoms with E-state index >= 15 is 0 Å². The van der Waals surface area contributed by atoms with E-state index in [9.17, 15) is 4.79 Å². The van der Waals surface area contributed by atoms with Crippen LogP contribution in [0.2, 0.25) is 5.15 Å². The van der Waals surface area contributed by atoms with Gasteiger partial charge in [0.2, 0.25) is 0 Å². The normalized spacial score (nSPS) is 10.2. The molecule has 6 heteroatoms. The molecule has 0 bridgehead atoms. The molecule has 2 rings (SSSR count). The van der Waals surface area contributed by atoms with Gasteiger partial charge in [-0.05, 0) is 30.2 Å². The minimum Gasteiger partial charge on any atom is -0.322 e. The van der Waals surface area contributed by atoms with Gasteiger partial charge in [-0.1, -0.05) is 36.7 Å². The Kier molecular flexibility index (Phi) is 4.55. The number of hydrogen-bond acceptors (Lipinski definition) is 4. The Morgan fingerprint density at radius 1 is 1.35 bits per heavy atom. The number of nitrogens with one attached hydrogen (secondary N) is 2. The Hall–Kier alpha value is -2.11. The number of nitrogens with zero attached hydrogens (tertiary/aromatic N) is 1. The van der Waals surface area contributed by atoms with Crippen molar-refractivity contribution in [1.29, 1.82) is 0 Å². The van der Waals surface area contributed by atoms with Crippen LogP contribution >= 0.6 is 11.6 Å². The number of benzene rings is 1. The first kappa shape index (κ1) is 14.3. The zero-order valence-corrected chi connectivity index (χ0v) is 11.7. The van der Waals surface area contributed by atoms with E-state index in [1.165, 1.54) is 12.1 Å². The molecule has 0 atom stereocenters. The second kappa shape index (κ2) is 6.36. The maximum atomic E-state index is 12.2. The summed E-state index contributed by atoms with van der Waals surface area (Å²) >= 11 is 5.85. The van der Waals surface area contributed by atoms with Crippen molar-refractivity contribution in [3.05, 3.63) is 52.7 Å². The highest BCUT2D eigenvalue weighted by Gasteiger charge is 2.11. The van der Waals surface area contributed by atoms with E-state index in [0.29, 0.717) is 11.4 Å². The summed E-state index contributed by atoms with van der Waals surface area (Å²) in [4.78, 5) is 16.2. The number of hydrazine groups is 1. The lowest BCUT2D eigenvalue weighted by Crippen LogP contribution is -2.15. The molecule has 4 N–H and O–H groups in total. The van der Waals surface area contributed by atoms with Crippen LogP contribution in [0.5, 0.6) is 0 Å². The molecule has 1 heterocycles. The van der Waals surface area contributed by atoms with Gasteiger partial charge in [0.25, 0.3) is 5.91 Å². The number of anilines is 2. The summed E-state index contributed by atoms with van der Waals surface area (Å²) in [6, 6.07) is 10.7. The first-order valence-electron chi connectivity index (χ1n) is 6.17. The topological polar surface area (TPSA) is 80.0 Å². The van der Waals surface area contributed by atoms with E-state index in [-0.39, 0.29) is 11.1 Å². The van der Waals surface area contributed by atoms with Gasteiger partial charge in [-0.3, -0.25) is 4.79 Å². The number of carbonyl (C=O) groups is 1. The summed E-state index contributed by atoms with van der Waals surface area (Å²) in [5, 5.41) is 3.07. The smallest absolute Gasteiger partial charge is 0.255 e. The van der Waals surface area contributed by atoms with Gasteiger partial charge >= 0.3 is 0 Å². The van der Waals surface area contributed by atoms with Crippen molar-refractivity contribution >= 4 is 29.0 Å². The molecule has 0 radical (unpaired) electrons. The average Bonchev–Trinajstić information content (AvgIpc) is 2.47. The van der Waals surface area contributed by atoms with Crippen LogP contribution in [0.15, 0.2) is 36.4 Å². The number of pyridine rings is 1. The first-order chi connectivity index (χ1) is 9.63. The summed E-state index contributed by atoms with van der Waals surface area (Å²) in [6.07, 6.45) is 0.836. The number of hydrogen-bond donors (Lipinski definition) is 3. The number of amides is 1. The number of nitrogen functional groups attached to an aromatic ring is 1. The molecule has 0 fully saturated rings. The van der Waals surface area contributed by atoms with Crippen LogP contribution in [0.3, 0.4) is 0 Å². The number of rotatable bonds is 4. The molecule has 0 aliphatic heterocycles. The molecule has 0 spiro atoms. The predicted octanol–water partition coefficient (Wildman–Crippen LogP) is 2.84. The highest BCUT2D eigenvalue weighted by Crippen LogP contribution is 2.19. The molecule has 1 amide bonds. The molecule has 2 aromatic rings. The maximum Gasteiger partial charge on any atom is 0.255 e. The third-order valence-electron chi connectivity index (χ3n) is 2.85. The summed E-state index contributed by atoms with van der Waals surface area (Å²) in [6.45, 7) is 2.03. The fourth-order valence-electron chi connectivity index (χ4n) is 1.85. The van der Waals surface area contributed by atoms with Crippen molar-refractivity contribution in [3.63, 3.8) is 0 Å². The van der Waals surface area contributed by atoms with Crippen molar-refractivity contribution < 1.29 is 4.79 Å². The van der Waals surface area contributed by atoms with Crippen LogP contribution in [0.4, 0.5) is 11.5 Å². The van der Waals surface area contributed by atoms with E-state index in [4.69, 9.17) is 17.4 Å². The van der Waals surface area contributed by atoms with E-state index in [1.807, 2.05) is 31.2 Å². The van der Waals surface area contributed by atoms with Crippen LogP contribution in [-0.2, 0) is 6.42 Å². The molecule has 0 aliphatic rings. The standard InChI is InChI=1S/C14H15ClN4O/c1-2-9-5-3-4-6-11(9)17-14(20)10-7-12(15)18-13(8-10)19-16/h3-8H,2,16H2,1H3,(H,17,20)(H,18,19). The van der Waals surface area contributed by atoms with Crippen LogP contribution in [-0.4, -0.2) is 10.9 Å². The number of para-hydroxylation sites is 1. The zero-order chi connectivity index (χ0) is 14.5. The molecule has 1 aromatic heterocycles. The van der Waals surface area contributed by atoms with E-state index in [1.54, 1.807) is 0 Å². The Labute approximate surface area is 122 Å². The van der Waals surface area contributed by atoms with Gasteiger partial charge in [-0.2, -0.15) is 0 Å². The third-order valence-corrected chi connectivity index (χ3v) is 3.04. The summed E-state index contributed by atoms with van der Waals surface area (Å²) in [5.41, 5.74) is 4.62. The van der Waals surface area contributed by atoms with Gasteiger partial charge in [0.05, 0.1) is 0 Å². The summed E-state index contributed by atoms with van der Waals surface area (Å²) < 4.78 is 0. The number of nitrogens with two attached hydrogens (primary N) is 1. The number of carbonyl (C=O) groups excluding carboxylic acids is 1. The van der Waals surface area contributed by atoms with Gasteiger partial charge in [0, 0.05) is 11.3 Å². The Morgan fingerprint density at radius 3 is 2.80 bits per heavy atom. The maximum absolute atomic E-state index is 12.2. The first-order valence-corrected chi connectivity index (χ1v) is 6.55. The fourth-order valence-corrected chi connectivity index (χ4v) is 2.06. The van der Waals surface area contributed by atoms with Crippen molar-refractivity contribution in [2.75, 3.05) is 10.7 Å². The van der Waals surface area contributed by atoms with Gasteiger partial charge in [-0.25, -0.2) is 10.8 Å². The van der Waals surface area contributed by atoms with Crippen molar-refractivity contribution in [2.24, 2.45) is 5.84 Å². The average molecular weight is 291 g/mol. The molecule has 1 aromatic carbocycles. The Balaban J connectivity index is 2.26. The molecular formula is C14H15ClN4O. The van der Waals surface area contributed by atoms with E-state index in [2.05, 4.69) is 15.7 Å². The second-order valence-corrected chi connectivity index (χ2v) is 4.56.